The fourth-order valence-corrected chi connectivity index (χ4v) is 3.40. The molecule has 0 heterocycles. The summed E-state index contributed by atoms with van der Waals surface area (Å²) in [5.41, 5.74) is 1.17. The van der Waals surface area contributed by atoms with E-state index in [4.69, 9.17) is 0 Å². The molecule has 0 saturated carbocycles. The van der Waals surface area contributed by atoms with Gasteiger partial charge < -0.3 is 5.32 Å². The van der Waals surface area contributed by atoms with Crippen molar-refractivity contribution in [1.82, 2.24) is 9.62 Å². The van der Waals surface area contributed by atoms with Crippen molar-refractivity contribution in [2.24, 2.45) is 5.92 Å². The molecule has 0 spiro atoms. The molecule has 1 N–H and O–H groups in total. The van der Waals surface area contributed by atoms with Crippen LogP contribution in [0.1, 0.15) is 32.3 Å². The summed E-state index contributed by atoms with van der Waals surface area (Å²) in [6, 6.07) is 7.58. The van der Waals surface area contributed by atoms with Crippen molar-refractivity contribution in [2.45, 2.75) is 37.6 Å². The Labute approximate surface area is 123 Å². The smallest absolute Gasteiger partial charge is 0.242 e. The monoisotopic (exact) mass is 298 g/mol. The SMILES string of the molecule is CNC(C)C(c1ccc(S(=O)(=O)N(C)C)cc1)C(C)C. The summed E-state index contributed by atoms with van der Waals surface area (Å²) >= 11 is 0. The van der Waals surface area contributed by atoms with Crippen LogP contribution in [0.5, 0.6) is 0 Å². The predicted molar refractivity (Wildman–Crippen MR) is 83.4 cm³/mol. The zero-order chi connectivity index (χ0) is 15.5. The van der Waals surface area contributed by atoms with Crippen molar-refractivity contribution < 1.29 is 8.42 Å². The molecule has 1 aromatic rings. The quantitative estimate of drug-likeness (QED) is 0.876. The minimum Gasteiger partial charge on any atom is -0.317 e. The van der Waals surface area contributed by atoms with Crippen LogP contribution in [-0.4, -0.2) is 39.9 Å². The van der Waals surface area contributed by atoms with Crippen molar-refractivity contribution in [3.05, 3.63) is 29.8 Å². The van der Waals surface area contributed by atoms with Gasteiger partial charge in [-0.3, -0.25) is 0 Å². The minimum atomic E-state index is -3.35. The molecule has 0 saturated heterocycles. The molecule has 0 radical (unpaired) electrons. The summed E-state index contributed by atoms with van der Waals surface area (Å²) in [6.07, 6.45) is 0. The van der Waals surface area contributed by atoms with E-state index in [1.54, 1.807) is 26.2 Å². The van der Waals surface area contributed by atoms with Gasteiger partial charge >= 0.3 is 0 Å². The Morgan fingerprint density at radius 3 is 1.90 bits per heavy atom. The molecular weight excluding hydrogens is 272 g/mol. The highest BCUT2D eigenvalue weighted by atomic mass is 32.2. The van der Waals surface area contributed by atoms with Crippen molar-refractivity contribution in [3.63, 3.8) is 0 Å². The van der Waals surface area contributed by atoms with Gasteiger partial charge in [0.25, 0.3) is 0 Å². The van der Waals surface area contributed by atoms with Crippen molar-refractivity contribution in [1.29, 1.82) is 0 Å². The lowest BCUT2D eigenvalue weighted by Gasteiger charge is -2.28. The van der Waals surface area contributed by atoms with Gasteiger partial charge in [-0.15, -0.1) is 0 Å². The van der Waals surface area contributed by atoms with E-state index in [1.807, 2.05) is 19.2 Å². The highest BCUT2D eigenvalue weighted by molar-refractivity contribution is 7.89. The Morgan fingerprint density at radius 2 is 1.55 bits per heavy atom. The molecule has 2 atom stereocenters. The lowest BCUT2D eigenvalue weighted by Crippen LogP contribution is -2.32. The molecule has 20 heavy (non-hydrogen) atoms. The standard InChI is InChI=1S/C15H26N2O2S/c1-11(2)15(12(3)16-4)13-7-9-14(10-8-13)20(18,19)17(5)6/h7-12,15-16H,1-6H3. The summed E-state index contributed by atoms with van der Waals surface area (Å²) in [7, 11) is 1.69. The third kappa shape index (κ3) is 3.59. The van der Waals surface area contributed by atoms with Gasteiger partial charge in [0.1, 0.15) is 0 Å². The first-order valence-electron chi connectivity index (χ1n) is 6.91. The number of hydrogen-bond donors (Lipinski definition) is 1. The third-order valence-electron chi connectivity index (χ3n) is 3.76. The Balaban J connectivity index is 3.13. The van der Waals surface area contributed by atoms with Crippen LogP contribution in [0.15, 0.2) is 29.2 Å². The van der Waals surface area contributed by atoms with E-state index in [-0.39, 0.29) is 0 Å². The highest BCUT2D eigenvalue weighted by Gasteiger charge is 2.23. The van der Waals surface area contributed by atoms with E-state index in [0.29, 0.717) is 22.8 Å². The summed E-state index contributed by atoms with van der Waals surface area (Å²) in [6.45, 7) is 6.51. The van der Waals surface area contributed by atoms with Gasteiger partial charge in [-0.1, -0.05) is 26.0 Å². The molecule has 0 aliphatic carbocycles. The van der Waals surface area contributed by atoms with E-state index in [2.05, 4.69) is 26.1 Å². The van der Waals surface area contributed by atoms with Crippen LogP contribution in [0, 0.1) is 5.92 Å². The fraction of sp³-hybridized carbons (Fsp3) is 0.600. The molecule has 1 aromatic carbocycles. The zero-order valence-electron chi connectivity index (χ0n) is 13.2. The lowest BCUT2D eigenvalue weighted by molar-refractivity contribution is 0.395. The van der Waals surface area contributed by atoms with Crippen LogP contribution in [0.4, 0.5) is 0 Å². The van der Waals surface area contributed by atoms with Crippen LogP contribution < -0.4 is 5.32 Å². The van der Waals surface area contributed by atoms with Gasteiger partial charge in [-0.2, -0.15) is 0 Å². The number of rotatable bonds is 6. The fourth-order valence-electron chi connectivity index (χ4n) is 2.50. The number of benzene rings is 1. The first kappa shape index (κ1) is 17.1. The molecule has 0 aromatic heterocycles. The molecule has 114 valence electrons. The summed E-state index contributed by atoms with van der Waals surface area (Å²) in [4.78, 5) is 0.339. The van der Waals surface area contributed by atoms with Gasteiger partial charge in [0.15, 0.2) is 0 Å². The molecule has 2 unspecified atom stereocenters. The minimum absolute atomic E-state index is 0.339. The number of hydrogen-bond acceptors (Lipinski definition) is 3. The Morgan fingerprint density at radius 1 is 1.05 bits per heavy atom. The summed E-state index contributed by atoms with van der Waals surface area (Å²) < 4.78 is 25.3. The van der Waals surface area contributed by atoms with E-state index in [0.717, 1.165) is 0 Å². The maximum absolute atomic E-state index is 12.1. The van der Waals surface area contributed by atoms with Crippen molar-refractivity contribution in [2.75, 3.05) is 21.1 Å². The third-order valence-corrected chi connectivity index (χ3v) is 5.59. The normalized spacial score (nSPS) is 15.6. The number of nitrogens with one attached hydrogen (secondary N) is 1. The van der Waals surface area contributed by atoms with Gasteiger partial charge in [-0.25, -0.2) is 12.7 Å². The predicted octanol–water partition coefficient (Wildman–Crippen LogP) is 2.28. The maximum atomic E-state index is 12.1. The second-order valence-electron chi connectivity index (χ2n) is 5.70. The summed E-state index contributed by atoms with van der Waals surface area (Å²) in [5.74, 6) is 0.838. The first-order chi connectivity index (χ1) is 9.21. The van der Waals surface area contributed by atoms with Gasteiger partial charge in [0, 0.05) is 26.1 Å². The largest absolute Gasteiger partial charge is 0.317 e. The topological polar surface area (TPSA) is 49.4 Å². The number of nitrogens with zero attached hydrogens (tertiary/aromatic N) is 1. The molecule has 0 bridgehead atoms. The molecule has 5 heteroatoms. The van der Waals surface area contributed by atoms with Crippen LogP contribution in [0.2, 0.25) is 0 Å². The van der Waals surface area contributed by atoms with Crippen molar-refractivity contribution >= 4 is 10.0 Å². The first-order valence-corrected chi connectivity index (χ1v) is 8.35. The van der Waals surface area contributed by atoms with E-state index >= 15 is 0 Å². The molecule has 0 amide bonds. The van der Waals surface area contributed by atoms with Crippen LogP contribution in [-0.2, 0) is 10.0 Å². The number of sulfonamides is 1. The van der Waals surface area contributed by atoms with Crippen LogP contribution in [0.25, 0.3) is 0 Å². The molecule has 0 aliphatic rings. The zero-order valence-corrected chi connectivity index (χ0v) is 14.0. The molecule has 0 fully saturated rings. The highest BCUT2D eigenvalue weighted by Crippen LogP contribution is 2.29. The summed E-state index contributed by atoms with van der Waals surface area (Å²) in [5, 5.41) is 3.28. The average Bonchev–Trinajstić information content (AvgIpc) is 2.38. The molecular formula is C15H26N2O2S. The molecule has 1 rings (SSSR count). The Bertz CT molecular complexity index is 521. The van der Waals surface area contributed by atoms with Gasteiger partial charge in [-0.05, 0) is 37.6 Å². The molecule has 0 aliphatic heterocycles. The van der Waals surface area contributed by atoms with E-state index < -0.39 is 10.0 Å². The maximum Gasteiger partial charge on any atom is 0.242 e. The average molecular weight is 298 g/mol. The second-order valence-corrected chi connectivity index (χ2v) is 7.86. The van der Waals surface area contributed by atoms with Gasteiger partial charge in [0.05, 0.1) is 4.90 Å². The van der Waals surface area contributed by atoms with E-state index in [9.17, 15) is 8.42 Å². The lowest BCUT2D eigenvalue weighted by atomic mass is 9.83. The van der Waals surface area contributed by atoms with E-state index in [1.165, 1.54) is 9.87 Å². The number of likely N-dealkylation sites (N-methyl/N-ethyl adjacent to an activating group) is 1. The van der Waals surface area contributed by atoms with Crippen LogP contribution >= 0.6 is 0 Å². The Hall–Kier alpha value is -0.910. The molecule has 4 nitrogen and oxygen atoms in total. The Kier molecular flexibility index (Phi) is 5.74. The second kappa shape index (κ2) is 6.70. The van der Waals surface area contributed by atoms with Crippen LogP contribution in [0.3, 0.4) is 0 Å². The van der Waals surface area contributed by atoms with Crippen molar-refractivity contribution in [3.8, 4) is 0 Å². The van der Waals surface area contributed by atoms with Gasteiger partial charge in [0.2, 0.25) is 10.0 Å².